The number of methoxy groups -OCH3 is 1. The largest absolute Gasteiger partial charge is 0.465 e. The van der Waals surface area contributed by atoms with Gasteiger partial charge in [-0.15, -0.1) is 0 Å². The van der Waals surface area contributed by atoms with Gasteiger partial charge < -0.3 is 14.6 Å². The fraction of sp³-hybridized carbons (Fsp3) is 0.273. The maximum Gasteiger partial charge on any atom is 0.337 e. The molecular weight excluding hydrogens is 423 g/mol. The van der Waals surface area contributed by atoms with Crippen molar-refractivity contribution < 1.29 is 27.1 Å². The lowest BCUT2D eigenvalue weighted by Crippen LogP contribution is -2.43. The maximum atomic E-state index is 13.2. The van der Waals surface area contributed by atoms with Gasteiger partial charge in [0.05, 0.1) is 17.6 Å². The van der Waals surface area contributed by atoms with Gasteiger partial charge in [-0.25, -0.2) is 17.6 Å². The molecule has 0 saturated heterocycles. The van der Waals surface area contributed by atoms with Crippen LogP contribution in [0.5, 0.6) is 0 Å². The first-order chi connectivity index (χ1) is 14.7. The molecule has 2 heterocycles. The Hall–Kier alpha value is -3.20. The molecule has 31 heavy (non-hydrogen) atoms. The number of aromatic amines is 1. The molecule has 1 aliphatic rings. The molecule has 3 aromatic rings. The van der Waals surface area contributed by atoms with Crippen molar-refractivity contribution >= 4 is 32.6 Å². The van der Waals surface area contributed by atoms with Crippen molar-refractivity contribution in [3.63, 3.8) is 0 Å². The third-order valence-electron chi connectivity index (χ3n) is 5.66. The Morgan fingerprint density at radius 1 is 1.16 bits per heavy atom. The Bertz CT molecular complexity index is 1280. The zero-order chi connectivity index (χ0) is 22.3. The number of nitrogens with zero attached hydrogens (tertiary/aromatic N) is 1. The zero-order valence-corrected chi connectivity index (χ0v) is 17.8. The van der Waals surface area contributed by atoms with Crippen LogP contribution >= 0.6 is 0 Å². The lowest BCUT2D eigenvalue weighted by molar-refractivity contribution is -0.131. The average molecular weight is 444 g/mol. The third-order valence-corrected chi connectivity index (χ3v) is 7.73. The minimum atomic E-state index is -3.96. The number of rotatable bonds is 4. The molecule has 1 unspecified atom stereocenters. The van der Waals surface area contributed by atoms with Gasteiger partial charge in [-0.3, -0.25) is 4.79 Å². The van der Waals surface area contributed by atoms with Crippen LogP contribution in [0, 0.1) is 5.82 Å². The van der Waals surface area contributed by atoms with Crippen LogP contribution in [-0.2, 0) is 32.3 Å². The number of H-pyrrole nitrogens is 1. The van der Waals surface area contributed by atoms with Gasteiger partial charge >= 0.3 is 5.97 Å². The van der Waals surface area contributed by atoms with Crippen LogP contribution in [0.15, 0.2) is 47.4 Å². The molecule has 7 nitrogen and oxygen atoms in total. The number of carbonyl (C=O) groups is 2. The number of hydrogen-bond donors (Lipinski definition) is 1. The van der Waals surface area contributed by atoms with Crippen LogP contribution in [0.4, 0.5) is 4.39 Å². The summed E-state index contributed by atoms with van der Waals surface area (Å²) >= 11 is 0. The second kappa shape index (κ2) is 7.81. The maximum absolute atomic E-state index is 13.2. The number of hydrogen-bond acceptors (Lipinski definition) is 5. The lowest BCUT2D eigenvalue weighted by atomic mass is 10.0. The highest BCUT2D eigenvalue weighted by atomic mass is 32.2. The fourth-order valence-corrected chi connectivity index (χ4v) is 5.20. The molecule has 1 aliphatic heterocycles. The van der Waals surface area contributed by atoms with E-state index in [4.69, 9.17) is 4.74 Å². The minimum absolute atomic E-state index is 0.0951. The van der Waals surface area contributed by atoms with Gasteiger partial charge in [0.2, 0.25) is 5.91 Å². The fourth-order valence-electron chi connectivity index (χ4n) is 3.87. The number of amides is 1. The van der Waals surface area contributed by atoms with Crippen molar-refractivity contribution in [1.82, 2.24) is 9.88 Å². The summed E-state index contributed by atoms with van der Waals surface area (Å²) in [6, 6.07) is 9.60. The van der Waals surface area contributed by atoms with Crippen molar-refractivity contribution in [1.29, 1.82) is 0 Å². The number of halogens is 1. The predicted octanol–water partition coefficient (Wildman–Crippen LogP) is 2.84. The highest BCUT2D eigenvalue weighted by Gasteiger charge is 2.35. The molecule has 9 heteroatoms. The van der Waals surface area contributed by atoms with Crippen molar-refractivity contribution in [2.75, 3.05) is 13.7 Å². The van der Waals surface area contributed by atoms with Crippen LogP contribution in [-0.4, -0.2) is 49.1 Å². The summed E-state index contributed by atoms with van der Waals surface area (Å²) in [5, 5.41) is -0.514. The Balaban J connectivity index is 1.62. The summed E-state index contributed by atoms with van der Waals surface area (Å²) in [4.78, 5) is 29.7. The van der Waals surface area contributed by atoms with E-state index in [1.54, 1.807) is 18.2 Å². The van der Waals surface area contributed by atoms with E-state index < -0.39 is 32.8 Å². The normalized spacial score (nSPS) is 14.9. The molecule has 1 aromatic heterocycles. The molecule has 0 spiro atoms. The summed E-state index contributed by atoms with van der Waals surface area (Å²) in [6.07, 6.45) is 0.534. The van der Waals surface area contributed by atoms with Crippen LogP contribution in [0.2, 0.25) is 0 Å². The number of aromatic nitrogens is 1. The molecule has 2 aromatic carbocycles. The summed E-state index contributed by atoms with van der Waals surface area (Å²) in [5.41, 5.74) is 3.04. The minimum Gasteiger partial charge on any atom is -0.465 e. The molecular formula is C22H21FN2O5S. The first-order valence-electron chi connectivity index (χ1n) is 9.72. The number of ether oxygens (including phenoxy) is 1. The quantitative estimate of drug-likeness (QED) is 0.493. The zero-order valence-electron chi connectivity index (χ0n) is 17.0. The first-order valence-corrected chi connectivity index (χ1v) is 11.3. The SMILES string of the molecule is COC(=O)c1ccc2[nH]c3c(c2c1)CN(C(=O)C(C)S(=O)(=O)c1ccc(F)cc1)CC3. The lowest BCUT2D eigenvalue weighted by Gasteiger charge is -2.29. The highest BCUT2D eigenvalue weighted by molar-refractivity contribution is 7.92. The van der Waals surface area contributed by atoms with Crippen molar-refractivity contribution in [3.8, 4) is 0 Å². The molecule has 162 valence electrons. The molecule has 4 rings (SSSR count). The van der Waals surface area contributed by atoms with E-state index in [2.05, 4.69) is 4.98 Å². The highest BCUT2D eigenvalue weighted by Crippen LogP contribution is 2.30. The molecule has 1 amide bonds. The van der Waals surface area contributed by atoms with Crippen molar-refractivity contribution in [2.45, 2.75) is 30.0 Å². The summed E-state index contributed by atoms with van der Waals surface area (Å²) < 4.78 is 43.7. The second-order valence-electron chi connectivity index (χ2n) is 7.49. The van der Waals surface area contributed by atoms with Gasteiger partial charge in [-0.1, -0.05) is 0 Å². The van der Waals surface area contributed by atoms with Gasteiger partial charge in [0.15, 0.2) is 9.84 Å². The number of nitrogens with one attached hydrogen (secondary N) is 1. The van der Waals surface area contributed by atoms with Gasteiger partial charge in [0.1, 0.15) is 11.1 Å². The summed E-state index contributed by atoms with van der Waals surface area (Å²) in [5.74, 6) is -1.53. The van der Waals surface area contributed by atoms with Crippen molar-refractivity contribution in [2.24, 2.45) is 0 Å². The van der Waals surface area contributed by atoms with E-state index in [0.29, 0.717) is 18.5 Å². The second-order valence-corrected chi connectivity index (χ2v) is 9.75. The van der Waals surface area contributed by atoms with Crippen LogP contribution < -0.4 is 0 Å². The van der Waals surface area contributed by atoms with Crippen molar-refractivity contribution in [3.05, 3.63) is 65.1 Å². The van der Waals surface area contributed by atoms with E-state index in [9.17, 15) is 22.4 Å². The number of sulfone groups is 1. The van der Waals surface area contributed by atoms with Crippen LogP contribution in [0.25, 0.3) is 10.9 Å². The standard InChI is InChI=1S/C22H21FN2O5S/c1-13(31(28,29)16-6-4-15(23)5-7-16)21(26)25-10-9-20-18(12-25)17-11-14(22(27)30-2)3-8-19(17)24-20/h3-8,11,13,24H,9-10,12H2,1-2H3. The van der Waals surface area contributed by atoms with Gasteiger partial charge in [0, 0.05) is 41.7 Å². The Kier molecular flexibility index (Phi) is 5.30. The van der Waals surface area contributed by atoms with Gasteiger partial charge in [0.25, 0.3) is 0 Å². The number of esters is 1. The smallest absolute Gasteiger partial charge is 0.337 e. The topological polar surface area (TPSA) is 96.5 Å². The third kappa shape index (κ3) is 3.69. The number of carbonyl (C=O) groups excluding carboxylic acids is 2. The molecule has 0 aliphatic carbocycles. The molecule has 0 saturated carbocycles. The van der Waals surface area contributed by atoms with E-state index in [-0.39, 0.29) is 11.4 Å². The molecule has 1 N–H and O–H groups in total. The van der Waals surface area contributed by atoms with Gasteiger partial charge in [-0.05, 0) is 49.4 Å². The summed E-state index contributed by atoms with van der Waals surface area (Å²) in [6.45, 7) is 1.94. The van der Waals surface area contributed by atoms with E-state index in [1.165, 1.54) is 18.9 Å². The van der Waals surface area contributed by atoms with E-state index >= 15 is 0 Å². The Labute approximate surface area is 178 Å². The number of fused-ring (bicyclic) bond motifs is 3. The number of benzene rings is 2. The molecule has 0 fully saturated rings. The first kappa shape index (κ1) is 21.0. The van der Waals surface area contributed by atoms with Crippen LogP contribution in [0.3, 0.4) is 0 Å². The van der Waals surface area contributed by atoms with Crippen LogP contribution in [0.1, 0.15) is 28.5 Å². The molecule has 0 radical (unpaired) electrons. The van der Waals surface area contributed by atoms with Gasteiger partial charge in [-0.2, -0.15) is 0 Å². The molecule has 1 atom stereocenters. The Morgan fingerprint density at radius 2 is 1.87 bits per heavy atom. The monoisotopic (exact) mass is 444 g/mol. The predicted molar refractivity (Wildman–Crippen MR) is 112 cm³/mol. The van der Waals surface area contributed by atoms with E-state index in [0.717, 1.165) is 46.4 Å². The average Bonchev–Trinajstić information content (AvgIpc) is 3.14. The molecule has 0 bridgehead atoms. The Morgan fingerprint density at radius 3 is 2.55 bits per heavy atom. The van der Waals surface area contributed by atoms with E-state index in [1.807, 2.05) is 0 Å². The summed E-state index contributed by atoms with van der Waals surface area (Å²) in [7, 11) is -2.65.